The highest BCUT2D eigenvalue weighted by Gasteiger charge is 2.46. The summed E-state index contributed by atoms with van der Waals surface area (Å²) in [6, 6.07) is 162. The Morgan fingerprint density at radius 2 is 0.475 bits per heavy atom. The average molecular weight is 1530 g/mol. The number of fused-ring (bicyclic) bond motifs is 13. The van der Waals surface area contributed by atoms with E-state index in [4.69, 9.17) is 8.83 Å². The Morgan fingerprint density at radius 1 is 0.192 bits per heavy atom. The molecular formula is C114H72BN3O2. The van der Waals surface area contributed by atoms with E-state index in [0.717, 1.165) is 222 Å². The standard InChI is InChI=1S/C114H72BN3O2/c1-5-29-73(30-6-1)77-37-21-41-81(65-77)90-51-25-52-91(82-42-22-38-78(66-82)74-31-7-2-8-32-74)113(90)117-102-63-61-85(88-49-27-59-108-110(88)96-47-15-19-57-106(96)119-108)69-98(102)115-99-70-86(89-50-28-60-109-111(89)97-48-16-20-58-107(97)120-109)62-64-103(99)118(105-72-87(71-104(117)112(105)115)116-100-55-17-13-45-94(100)95-46-14-18-56-101(95)116)114-92(83-43-23-39-79(67-83)75-33-9-3-10-34-75)53-26-54-93(114)84-44-24-40-80(68-84)76-35-11-4-12-36-76/h1-72H. The minimum atomic E-state index is -0.419. The number of anilines is 6. The number of aromatic nitrogens is 1. The molecule has 19 aromatic carbocycles. The molecule has 3 aromatic heterocycles. The van der Waals surface area contributed by atoms with E-state index in [1.807, 2.05) is 0 Å². The highest BCUT2D eigenvalue weighted by atomic mass is 16.3. The summed E-state index contributed by atoms with van der Waals surface area (Å²) in [6.07, 6.45) is 0. The SMILES string of the molecule is c1ccc(-c2cccc(-c3cccc(-c4cccc(-c5ccccc5)c4)c3N3c4ccc(-c5cccc6oc7ccccc7c56)cc4B4c5cc(-c6cccc7oc8ccccc8c67)ccc5N(c5c(-c6cccc(-c7ccccc7)c6)cccc5-c5cccc(-c6ccccc6)c5)c5cc(-n6c7ccccc7c7ccccc76)cc3c54)c2)cc1. The van der Waals surface area contributed by atoms with Crippen molar-refractivity contribution >= 4 is 123 Å². The minimum absolute atomic E-state index is 0.419. The molecule has 0 N–H and O–H groups in total. The molecule has 6 heteroatoms. The largest absolute Gasteiger partial charge is 0.456 e. The van der Waals surface area contributed by atoms with Crippen molar-refractivity contribution in [3.63, 3.8) is 0 Å². The summed E-state index contributed by atoms with van der Waals surface area (Å²) in [5, 5.41) is 6.66. The molecular weight excluding hydrogens is 1450 g/mol. The van der Waals surface area contributed by atoms with Crippen LogP contribution in [-0.2, 0) is 0 Å². The van der Waals surface area contributed by atoms with Crippen LogP contribution in [0.25, 0.3) is 183 Å². The normalized spacial score (nSPS) is 12.3. The van der Waals surface area contributed by atoms with Crippen LogP contribution in [-0.4, -0.2) is 11.3 Å². The lowest BCUT2D eigenvalue weighted by Crippen LogP contribution is -2.61. The third-order valence-corrected chi connectivity index (χ3v) is 25.0. The van der Waals surface area contributed by atoms with Gasteiger partial charge in [-0.25, -0.2) is 0 Å². The number of furan rings is 2. The predicted octanol–water partition coefficient (Wildman–Crippen LogP) is 29.3. The van der Waals surface area contributed by atoms with Gasteiger partial charge in [-0.2, -0.15) is 0 Å². The van der Waals surface area contributed by atoms with E-state index >= 15 is 0 Å². The molecule has 5 nitrogen and oxygen atoms in total. The summed E-state index contributed by atoms with van der Waals surface area (Å²) in [6.45, 7) is -0.419. The van der Waals surface area contributed by atoms with Crippen molar-refractivity contribution in [1.29, 1.82) is 0 Å². The molecule has 0 radical (unpaired) electrons. The molecule has 2 aliphatic rings. The van der Waals surface area contributed by atoms with Crippen LogP contribution in [0.1, 0.15) is 0 Å². The van der Waals surface area contributed by atoms with Crippen molar-refractivity contribution in [3.8, 4) is 117 Å². The van der Waals surface area contributed by atoms with Gasteiger partial charge >= 0.3 is 0 Å². The molecule has 0 bridgehead atoms. The van der Waals surface area contributed by atoms with Crippen molar-refractivity contribution in [2.45, 2.75) is 0 Å². The van der Waals surface area contributed by atoms with Gasteiger partial charge in [0, 0.05) is 77.3 Å². The van der Waals surface area contributed by atoms with Crippen LogP contribution in [0.2, 0.25) is 0 Å². The van der Waals surface area contributed by atoms with E-state index in [2.05, 4.69) is 451 Å². The van der Waals surface area contributed by atoms with Gasteiger partial charge in [-0.1, -0.05) is 352 Å². The highest BCUT2D eigenvalue weighted by Crippen LogP contribution is 2.56. The molecule has 0 fully saturated rings. The van der Waals surface area contributed by atoms with Crippen LogP contribution in [0.15, 0.2) is 446 Å². The Bertz CT molecular complexity index is 7210. The lowest BCUT2D eigenvalue weighted by Gasteiger charge is -2.46. The van der Waals surface area contributed by atoms with Crippen LogP contribution in [0, 0.1) is 0 Å². The lowest BCUT2D eigenvalue weighted by molar-refractivity contribution is 0.668. The fraction of sp³-hybridized carbons (Fsp3) is 0. The molecule has 0 amide bonds. The molecule has 120 heavy (non-hydrogen) atoms. The van der Waals surface area contributed by atoms with Gasteiger partial charge in [0.25, 0.3) is 6.71 Å². The summed E-state index contributed by atoms with van der Waals surface area (Å²) < 4.78 is 16.2. The Kier molecular flexibility index (Phi) is 16.0. The molecule has 0 aliphatic carbocycles. The van der Waals surface area contributed by atoms with Gasteiger partial charge in [0.2, 0.25) is 0 Å². The highest BCUT2D eigenvalue weighted by molar-refractivity contribution is 7.00. The van der Waals surface area contributed by atoms with Crippen molar-refractivity contribution in [3.05, 3.63) is 437 Å². The van der Waals surface area contributed by atoms with E-state index in [-0.39, 0.29) is 0 Å². The van der Waals surface area contributed by atoms with Crippen LogP contribution in [0.4, 0.5) is 34.1 Å². The monoisotopic (exact) mass is 1530 g/mol. The molecule has 558 valence electrons. The third kappa shape index (κ3) is 11.2. The third-order valence-electron chi connectivity index (χ3n) is 25.0. The molecule has 0 spiro atoms. The van der Waals surface area contributed by atoms with Crippen LogP contribution >= 0.6 is 0 Å². The lowest BCUT2D eigenvalue weighted by atomic mass is 9.33. The fourth-order valence-electron chi connectivity index (χ4n) is 19.7. The van der Waals surface area contributed by atoms with E-state index in [1.54, 1.807) is 0 Å². The number of hydrogen-bond donors (Lipinski definition) is 0. The second-order valence-corrected chi connectivity index (χ2v) is 31.7. The molecule has 0 unspecified atom stereocenters. The molecule has 0 saturated carbocycles. The molecule has 2 aliphatic heterocycles. The van der Waals surface area contributed by atoms with E-state index in [0.29, 0.717) is 0 Å². The van der Waals surface area contributed by atoms with Crippen LogP contribution < -0.4 is 26.2 Å². The second kappa shape index (κ2) is 28.0. The minimum Gasteiger partial charge on any atom is -0.456 e. The molecule has 22 aromatic rings. The maximum absolute atomic E-state index is 6.82. The zero-order valence-corrected chi connectivity index (χ0v) is 65.3. The van der Waals surface area contributed by atoms with Crippen molar-refractivity contribution in [2.75, 3.05) is 9.80 Å². The first-order valence-electron chi connectivity index (χ1n) is 41.3. The zero-order valence-electron chi connectivity index (χ0n) is 65.3. The van der Waals surface area contributed by atoms with Crippen LogP contribution in [0.3, 0.4) is 0 Å². The quantitative estimate of drug-likeness (QED) is 0.108. The van der Waals surface area contributed by atoms with Gasteiger partial charge in [-0.05, 0) is 190 Å². The Labute approximate surface area is 695 Å². The number of nitrogens with zero attached hydrogens (tertiary/aromatic N) is 3. The summed E-state index contributed by atoms with van der Waals surface area (Å²) in [5.41, 5.74) is 38.5. The van der Waals surface area contributed by atoms with Crippen molar-refractivity contribution in [2.24, 2.45) is 0 Å². The smallest absolute Gasteiger partial charge is 0.252 e. The molecule has 24 rings (SSSR count). The predicted molar refractivity (Wildman–Crippen MR) is 504 cm³/mol. The van der Waals surface area contributed by atoms with Gasteiger partial charge in [-0.3, -0.25) is 0 Å². The summed E-state index contributed by atoms with van der Waals surface area (Å²) in [5.74, 6) is 0. The first kappa shape index (κ1) is 68.6. The molecule has 0 atom stereocenters. The first-order chi connectivity index (χ1) is 59.5. The van der Waals surface area contributed by atoms with Crippen molar-refractivity contribution in [1.82, 2.24) is 4.57 Å². The average Bonchev–Trinajstić information content (AvgIpc) is 0.696. The summed E-state index contributed by atoms with van der Waals surface area (Å²) >= 11 is 0. The zero-order chi connectivity index (χ0) is 78.9. The second-order valence-electron chi connectivity index (χ2n) is 31.7. The number of hydrogen-bond acceptors (Lipinski definition) is 4. The number of rotatable bonds is 13. The van der Waals surface area contributed by atoms with Crippen LogP contribution in [0.5, 0.6) is 0 Å². The maximum atomic E-state index is 6.82. The Morgan fingerprint density at radius 3 is 0.850 bits per heavy atom. The van der Waals surface area contributed by atoms with Crippen molar-refractivity contribution < 1.29 is 8.83 Å². The maximum Gasteiger partial charge on any atom is 0.252 e. The number of para-hydroxylation sites is 6. The van der Waals surface area contributed by atoms with E-state index < -0.39 is 6.71 Å². The Hall–Kier alpha value is -15.8. The van der Waals surface area contributed by atoms with Gasteiger partial charge in [0.05, 0.1) is 28.1 Å². The molecule has 0 saturated heterocycles. The summed E-state index contributed by atoms with van der Waals surface area (Å²) in [7, 11) is 0. The van der Waals surface area contributed by atoms with E-state index in [1.165, 1.54) is 10.8 Å². The van der Waals surface area contributed by atoms with Gasteiger partial charge < -0.3 is 23.2 Å². The fourth-order valence-corrected chi connectivity index (χ4v) is 19.7. The Balaban J connectivity index is 0.885. The van der Waals surface area contributed by atoms with Gasteiger partial charge in [0.15, 0.2) is 0 Å². The topological polar surface area (TPSA) is 37.7 Å². The summed E-state index contributed by atoms with van der Waals surface area (Å²) in [4.78, 5) is 5.39. The first-order valence-corrected chi connectivity index (χ1v) is 41.3. The van der Waals surface area contributed by atoms with Gasteiger partial charge in [0.1, 0.15) is 22.3 Å². The number of benzene rings is 19. The van der Waals surface area contributed by atoms with Gasteiger partial charge in [-0.15, -0.1) is 0 Å². The van der Waals surface area contributed by atoms with E-state index in [9.17, 15) is 0 Å². The molecule has 5 heterocycles.